The first-order chi connectivity index (χ1) is 10.5. The van der Waals surface area contributed by atoms with E-state index < -0.39 is 17.7 Å². The lowest BCUT2D eigenvalue weighted by Crippen LogP contribution is -2.49. The summed E-state index contributed by atoms with van der Waals surface area (Å²) in [6, 6.07) is 9.94. The molecule has 3 rings (SSSR count). The summed E-state index contributed by atoms with van der Waals surface area (Å²) >= 11 is 0. The highest BCUT2D eigenvalue weighted by Crippen LogP contribution is 2.45. The van der Waals surface area contributed by atoms with Crippen molar-refractivity contribution in [3.8, 4) is 0 Å². The van der Waals surface area contributed by atoms with E-state index in [0.717, 1.165) is 5.56 Å². The van der Waals surface area contributed by atoms with Gasteiger partial charge in [0.2, 0.25) is 0 Å². The minimum absolute atomic E-state index is 0.122. The Morgan fingerprint density at radius 1 is 1.14 bits per heavy atom. The predicted octanol–water partition coefficient (Wildman–Crippen LogP) is 2.22. The summed E-state index contributed by atoms with van der Waals surface area (Å²) in [6.07, 6.45) is -0.563. The number of aliphatic hydroxyl groups excluding tert-OH is 1. The number of fused-ring (bicyclic) bond motifs is 1. The third kappa shape index (κ3) is 2.79. The van der Waals surface area contributed by atoms with E-state index in [1.54, 1.807) is 0 Å². The van der Waals surface area contributed by atoms with Crippen LogP contribution in [0.4, 0.5) is 0 Å². The Hall–Kier alpha value is -0.980. The van der Waals surface area contributed by atoms with E-state index in [1.807, 2.05) is 51.1 Å². The Bertz CT molecular complexity index is 497. The first-order valence-corrected chi connectivity index (χ1v) is 7.79. The number of benzene rings is 1. The number of hydrogen-bond acceptors (Lipinski definition) is 5. The minimum atomic E-state index is -0.777. The minimum Gasteiger partial charge on any atom is -0.393 e. The molecule has 0 radical (unpaired) electrons. The van der Waals surface area contributed by atoms with Crippen molar-refractivity contribution in [2.24, 2.45) is 0 Å². The maximum Gasteiger partial charge on any atom is 0.190 e. The van der Waals surface area contributed by atoms with Crippen LogP contribution in [0.15, 0.2) is 30.3 Å². The van der Waals surface area contributed by atoms with Crippen molar-refractivity contribution in [1.82, 2.24) is 0 Å². The van der Waals surface area contributed by atoms with Crippen molar-refractivity contribution in [3.63, 3.8) is 0 Å². The first-order valence-electron chi connectivity index (χ1n) is 7.79. The molecule has 0 saturated carbocycles. The van der Waals surface area contributed by atoms with E-state index in [2.05, 4.69) is 0 Å². The summed E-state index contributed by atoms with van der Waals surface area (Å²) in [6.45, 7) is 6.01. The van der Waals surface area contributed by atoms with Gasteiger partial charge < -0.3 is 24.1 Å². The molecule has 122 valence electrons. The van der Waals surface area contributed by atoms with Gasteiger partial charge in [0.25, 0.3) is 0 Å². The van der Waals surface area contributed by atoms with Crippen LogP contribution in [0.2, 0.25) is 0 Å². The molecule has 2 aliphatic heterocycles. The molecule has 2 fully saturated rings. The zero-order valence-corrected chi connectivity index (χ0v) is 13.3. The summed E-state index contributed by atoms with van der Waals surface area (Å²) in [7, 11) is 0. The number of aliphatic hydroxyl groups is 1. The summed E-state index contributed by atoms with van der Waals surface area (Å²) in [5, 5.41) is 9.85. The second-order valence-electron chi connectivity index (χ2n) is 6.38. The zero-order chi connectivity index (χ0) is 15.8. The average molecular weight is 308 g/mol. The molecule has 2 aliphatic rings. The molecule has 5 nitrogen and oxygen atoms in total. The number of hydrogen-bond donors (Lipinski definition) is 1. The van der Waals surface area contributed by atoms with Crippen LogP contribution in [0.3, 0.4) is 0 Å². The lowest BCUT2D eigenvalue weighted by Gasteiger charge is -2.34. The molecule has 1 aromatic carbocycles. The van der Waals surface area contributed by atoms with Gasteiger partial charge in [-0.25, -0.2) is 0 Å². The molecule has 0 bridgehead atoms. The van der Waals surface area contributed by atoms with Gasteiger partial charge in [0, 0.05) is 0 Å². The second-order valence-corrected chi connectivity index (χ2v) is 6.38. The lowest BCUT2D eigenvalue weighted by atomic mass is 9.93. The smallest absolute Gasteiger partial charge is 0.190 e. The molecule has 0 spiro atoms. The Labute approximate surface area is 131 Å². The summed E-state index contributed by atoms with van der Waals surface area (Å²) < 4.78 is 23.8. The van der Waals surface area contributed by atoms with Crippen LogP contribution in [-0.2, 0) is 25.6 Å². The van der Waals surface area contributed by atoms with Gasteiger partial charge in [0.05, 0.1) is 13.2 Å². The summed E-state index contributed by atoms with van der Waals surface area (Å²) in [5.74, 6) is -0.695. The van der Waals surface area contributed by atoms with Gasteiger partial charge in [-0.15, -0.1) is 0 Å². The summed E-state index contributed by atoms with van der Waals surface area (Å²) in [4.78, 5) is 0. The van der Waals surface area contributed by atoms with Crippen molar-refractivity contribution < 1.29 is 24.1 Å². The van der Waals surface area contributed by atoms with Gasteiger partial charge in [-0.2, -0.15) is 0 Å². The van der Waals surface area contributed by atoms with E-state index in [-0.39, 0.29) is 18.8 Å². The normalized spacial score (nSPS) is 36.5. The molecule has 0 aliphatic carbocycles. The van der Waals surface area contributed by atoms with Gasteiger partial charge in [0.15, 0.2) is 12.1 Å². The Balaban J connectivity index is 1.77. The SMILES string of the molecule is CC[C@@]1(CO)O[C@@H]2OC(C)(C)OC2[C@H]1OCc1ccccc1. The highest BCUT2D eigenvalue weighted by atomic mass is 16.8. The summed E-state index contributed by atoms with van der Waals surface area (Å²) in [5.41, 5.74) is 0.299. The zero-order valence-electron chi connectivity index (χ0n) is 13.3. The highest BCUT2D eigenvalue weighted by molar-refractivity contribution is 5.14. The Kier molecular flexibility index (Phi) is 4.27. The standard InChI is InChI=1S/C17H24O5/c1-4-17(11-18)14(19-10-12-8-6-5-7-9-12)13-15(22-17)21-16(2,3)20-13/h5-9,13-15,18H,4,10-11H2,1-3H3/t13?,14-,15+,17+/m1/s1. The van der Waals surface area contributed by atoms with E-state index in [1.165, 1.54) is 0 Å². The Morgan fingerprint density at radius 3 is 2.50 bits per heavy atom. The van der Waals surface area contributed by atoms with Crippen molar-refractivity contribution in [1.29, 1.82) is 0 Å². The van der Waals surface area contributed by atoms with E-state index in [9.17, 15) is 5.11 Å². The van der Waals surface area contributed by atoms with Gasteiger partial charge >= 0.3 is 0 Å². The topological polar surface area (TPSA) is 57.2 Å². The van der Waals surface area contributed by atoms with Crippen LogP contribution in [0.1, 0.15) is 32.8 Å². The quantitative estimate of drug-likeness (QED) is 0.904. The molecule has 0 aromatic heterocycles. The number of rotatable bonds is 5. The molecule has 1 N–H and O–H groups in total. The van der Waals surface area contributed by atoms with Crippen LogP contribution in [0, 0.1) is 0 Å². The average Bonchev–Trinajstić information content (AvgIpc) is 2.95. The fourth-order valence-corrected chi connectivity index (χ4v) is 3.18. The molecule has 2 saturated heterocycles. The fraction of sp³-hybridized carbons (Fsp3) is 0.647. The maximum absolute atomic E-state index is 9.85. The third-order valence-electron chi connectivity index (χ3n) is 4.39. The van der Waals surface area contributed by atoms with E-state index in [0.29, 0.717) is 13.0 Å². The van der Waals surface area contributed by atoms with E-state index >= 15 is 0 Å². The second kappa shape index (κ2) is 5.91. The van der Waals surface area contributed by atoms with Gasteiger partial charge in [-0.05, 0) is 25.8 Å². The molecular formula is C17H24O5. The van der Waals surface area contributed by atoms with Crippen LogP contribution in [0.25, 0.3) is 0 Å². The first kappa shape index (κ1) is 15.9. The van der Waals surface area contributed by atoms with Gasteiger partial charge in [-0.1, -0.05) is 37.3 Å². The van der Waals surface area contributed by atoms with Crippen LogP contribution < -0.4 is 0 Å². The molecule has 4 atom stereocenters. The third-order valence-corrected chi connectivity index (χ3v) is 4.39. The lowest BCUT2D eigenvalue weighted by molar-refractivity contribution is -0.252. The Morgan fingerprint density at radius 2 is 1.86 bits per heavy atom. The molecule has 5 heteroatoms. The maximum atomic E-state index is 9.85. The van der Waals surface area contributed by atoms with Crippen molar-refractivity contribution in [2.75, 3.05) is 6.61 Å². The molecule has 2 heterocycles. The van der Waals surface area contributed by atoms with E-state index in [4.69, 9.17) is 18.9 Å². The number of ether oxygens (including phenoxy) is 4. The molecular weight excluding hydrogens is 284 g/mol. The molecule has 1 unspecified atom stereocenters. The monoisotopic (exact) mass is 308 g/mol. The highest BCUT2D eigenvalue weighted by Gasteiger charge is 2.61. The molecule has 22 heavy (non-hydrogen) atoms. The van der Waals surface area contributed by atoms with Crippen LogP contribution in [-0.4, -0.2) is 41.6 Å². The van der Waals surface area contributed by atoms with Gasteiger partial charge in [0.1, 0.15) is 17.8 Å². The molecule has 1 aromatic rings. The predicted molar refractivity (Wildman–Crippen MR) is 80.0 cm³/mol. The van der Waals surface area contributed by atoms with Crippen molar-refractivity contribution in [2.45, 2.75) is 63.7 Å². The largest absolute Gasteiger partial charge is 0.393 e. The molecule has 0 amide bonds. The van der Waals surface area contributed by atoms with Crippen molar-refractivity contribution >= 4 is 0 Å². The van der Waals surface area contributed by atoms with Crippen LogP contribution in [0.5, 0.6) is 0 Å². The van der Waals surface area contributed by atoms with Crippen molar-refractivity contribution in [3.05, 3.63) is 35.9 Å². The van der Waals surface area contributed by atoms with Gasteiger partial charge in [-0.3, -0.25) is 0 Å². The van der Waals surface area contributed by atoms with Crippen LogP contribution >= 0.6 is 0 Å². The fourth-order valence-electron chi connectivity index (χ4n) is 3.18.